The molecule has 0 unspecified atom stereocenters. The Labute approximate surface area is 183 Å². The van der Waals surface area contributed by atoms with E-state index in [0.29, 0.717) is 49.7 Å². The van der Waals surface area contributed by atoms with E-state index >= 15 is 0 Å². The molecule has 7 heteroatoms. The monoisotopic (exact) mass is 425 g/mol. The maximum Gasteiger partial charge on any atom is 0.254 e. The minimum Gasteiger partial charge on any atom is -0.493 e. The van der Waals surface area contributed by atoms with Gasteiger partial charge in [0.05, 0.1) is 14.2 Å². The van der Waals surface area contributed by atoms with Gasteiger partial charge in [-0.15, -0.1) is 0 Å². The summed E-state index contributed by atoms with van der Waals surface area (Å²) in [5.41, 5.74) is 2.66. The fourth-order valence-electron chi connectivity index (χ4n) is 3.74. The van der Waals surface area contributed by atoms with Crippen LogP contribution < -0.4 is 14.8 Å². The minimum atomic E-state index is -0.143. The lowest BCUT2D eigenvalue weighted by Crippen LogP contribution is -2.47. The molecule has 1 aliphatic rings. The molecule has 1 fully saturated rings. The van der Waals surface area contributed by atoms with E-state index in [1.54, 1.807) is 37.3 Å². The van der Waals surface area contributed by atoms with Crippen molar-refractivity contribution in [3.05, 3.63) is 59.2 Å². The molecule has 2 amide bonds. The van der Waals surface area contributed by atoms with Crippen molar-refractivity contribution in [1.82, 2.24) is 15.1 Å². The lowest BCUT2D eigenvalue weighted by atomic mass is 10.1. The molecule has 1 N–H and O–H groups in total. The number of rotatable bonds is 8. The molecule has 3 rings (SSSR count). The number of methoxy groups -OCH3 is 2. The fourth-order valence-corrected chi connectivity index (χ4v) is 3.74. The van der Waals surface area contributed by atoms with Crippen molar-refractivity contribution in [3.8, 4) is 11.5 Å². The van der Waals surface area contributed by atoms with Crippen LogP contribution in [0.25, 0.3) is 0 Å². The molecule has 7 nitrogen and oxygen atoms in total. The number of aryl methyl sites for hydroxylation is 1. The van der Waals surface area contributed by atoms with Gasteiger partial charge in [-0.25, -0.2) is 0 Å². The van der Waals surface area contributed by atoms with Crippen molar-refractivity contribution in [1.29, 1.82) is 0 Å². The average Bonchev–Trinajstić information content (AvgIpc) is 2.81. The van der Waals surface area contributed by atoms with Crippen LogP contribution in [0.1, 0.15) is 27.9 Å². The molecule has 31 heavy (non-hydrogen) atoms. The first-order chi connectivity index (χ1) is 15.0. The summed E-state index contributed by atoms with van der Waals surface area (Å²) in [7, 11) is 3.11. The van der Waals surface area contributed by atoms with Crippen molar-refractivity contribution in [3.63, 3.8) is 0 Å². The third-order valence-electron chi connectivity index (χ3n) is 5.44. The summed E-state index contributed by atoms with van der Waals surface area (Å²) in [6, 6.07) is 13.2. The molecular formula is C24H31N3O4. The van der Waals surface area contributed by atoms with Gasteiger partial charge in [-0.3, -0.25) is 9.59 Å². The number of nitrogens with zero attached hydrogens (tertiary/aromatic N) is 2. The predicted molar refractivity (Wildman–Crippen MR) is 120 cm³/mol. The average molecular weight is 426 g/mol. The summed E-state index contributed by atoms with van der Waals surface area (Å²) in [5.74, 6) is 1.00. The predicted octanol–water partition coefficient (Wildman–Crippen LogP) is 2.48. The lowest BCUT2D eigenvalue weighted by Gasteiger charge is -2.29. The van der Waals surface area contributed by atoms with Gasteiger partial charge in [0.15, 0.2) is 11.5 Å². The largest absolute Gasteiger partial charge is 0.493 e. The van der Waals surface area contributed by atoms with E-state index in [9.17, 15) is 9.59 Å². The molecule has 166 valence electrons. The third kappa shape index (κ3) is 5.98. The number of carbonyl (C=O) groups excluding carboxylic acids is 2. The summed E-state index contributed by atoms with van der Waals surface area (Å²) >= 11 is 0. The van der Waals surface area contributed by atoms with Gasteiger partial charge >= 0.3 is 0 Å². The van der Waals surface area contributed by atoms with Gasteiger partial charge in [-0.05, 0) is 30.7 Å². The Balaban J connectivity index is 1.78. The number of hydrogen-bond donors (Lipinski definition) is 1. The van der Waals surface area contributed by atoms with Crippen LogP contribution in [-0.2, 0) is 11.3 Å². The second-order valence-electron chi connectivity index (χ2n) is 7.67. The summed E-state index contributed by atoms with van der Waals surface area (Å²) in [6.07, 6.45) is 0.296. The standard InChI is InChI=1S/C24H31N3O4/c1-18-5-4-6-19(15-18)17-27(12-9-23(28)26-13-10-25-11-14-26)24(29)20-7-8-21(30-2)22(16-20)31-3/h4-8,15-16,25H,9-14,17H2,1-3H3. The topological polar surface area (TPSA) is 71.1 Å². The molecule has 1 aliphatic heterocycles. The highest BCUT2D eigenvalue weighted by Crippen LogP contribution is 2.28. The second kappa shape index (κ2) is 10.8. The van der Waals surface area contributed by atoms with E-state index in [0.717, 1.165) is 24.2 Å². The highest BCUT2D eigenvalue weighted by atomic mass is 16.5. The first-order valence-corrected chi connectivity index (χ1v) is 10.6. The highest BCUT2D eigenvalue weighted by Gasteiger charge is 2.22. The maximum absolute atomic E-state index is 13.4. The van der Waals surface area contributed by atoms with Crippen molar-refractivity contribution in [2.75, 3.05) is 46.9 Å². The number of hydrogen-bond acceptors (Lipinski definition) is 5. The molecule has 0 bridgehead atoms. The number of nitrogens with one attached hydrogen (secondary N) is 1. The third-order valence-corrected chi connectivity index (χ3v) is 5.44. The smallest absolute Gasteiger partial charge is 0.254 e. The highest BCUT2D eigenvalue weighted by molar-refractivity contribution is 5.95. The fraction of sp³-hybridized carbons (Fsp3) is 0.417. The van der Waals surface area contributed by atoms with Crippen molar-refractivity contribution in [2.24, 2.45) is 0 Å². The summed E-state index contributed by atoms with van der Waals surface area (Å²) in [6.45, 7) is 5.85. The maximum atomic E-state index is 13.4. The zero-order valence-corrected chi connectivity index (χ0v) is 18.5. The zero-order valence-electron chi connectivity index (χ0n) is 18.5. The molecule has 0 aliphatic carbocycles. The van der Waals surface area contributed by atoms with Crippen molar-refractivity contribution < 1.29 is 19.1 Å². The van der Waals surface area contributed by atoms with Gasteiger partial charge in [0.25, 0.3) is 5.91 Å². The molecule has 1 saturated heterocycles. The van der Waals surface area contributed by atoms with Gasteiger partial charge in [-0.2, -0.15) is 0 Å². The molecule has 0 radical (unpaired) electrons. The van der Waals surface area contributed by atoms with E-state index in [1.807, 2.05) is 30.0 Å². The Hall–Kier alpha value is -3.06. The van der Waals surface area contributed by atoms with Crippen LogP contribution in [0.5, 0.6) is 11.5 Å². The zero-order chi connectivity index (χ0) is 22.2. The summed E-state index contributed by atoms with van der Waals surface area (Å²) < 4.78 is 10.6. The van der Waals surface area contributed by atoms with Crippen LogP contribution in [-0.4, -0.2) is 68.6 Å². The van der Waals surface area contributed by atoms with Gasteiger partial charge in [-0.1, -0.05) is 29.8 Å². The van der Waals surface area contributed by atoms with Gasteiger partial charge in [0.2, 0.25) is 5.91 Å². The van der Waals surface area contributed by atoms with Crippen LogP contribution in [0.3, 0.4) is 0 Å². The molecular weight excluding hydrogens is 394 g/mol. The Kier molecular flexibility index (Phi) is 7.89. The summed E-state index contributed by atoms with van der Waals surface area (Å²) in [5, 5.41) is 3.25. The molecule has 2 aromatic carbocycles. The molecule has 0 saturated carbocycles. The van der Waals surface area contributed by atoms with E-state index < -0.39 is 0 Å². The van der Waals surface area contributed by atoms with Gasteiger partial charge in [0.1, 0.15) is 0 Å². The van der Waals surface area contributed by atoms with Gasteiger partial charge < -0.3 is 24.6 Å². The number of piperazine rings is 1. The molecule has 0 aromatic heterocycles. The van der Waals surface area contributed by atoms with E-state index in [2.05, 4.69) is 11.4 Å². The molecule has 2 aromatic rings. The first kappa shape index (κ1) is 22.6. The van der Waals surface area contributed by atoms with Crippen LogP contribution in [0.15, 0.2) is 42.5 Å². The van der Waals surface area contributed by atoms with E-state index in [1.165, 1.54) is 0 Å². The molecule has 1 heterocycles. The second-order valence-corrected chi connectivity index (χ2v) is 7.67. The quantitative estimate of drug-likeness (QED) is 0.704. The van der Waals surface area contributed by atoms with Crippen LogP contribution in [0.4, 0.5) is 0 Å². The minimum absolute atomic E-state index is 0.0795. The summed E-state index contributed by atoms with van der Waals surface area (Å²) in [4.78, 5) is 29.7. The number of carbonyl (C=O) groups is 2. The van der Waals surface area contributed by atoms with E-state index in [-0.39, 0.29) is 11.8 Å². The van der Waals surface area contributed by atoms with Crippen LogP contribution in [0.2, 0.25) is 0 Å². The molecule has 0 spiro atoms. The molecule has 0 atom stereocenters. The van der Waals surface area contributed by atoms with Gasteiger partial charge in [0, 0.05) is 51.3 Å². The van der Waals surface area contributed by atoms with Crippen molar-refractivity contribution >= 4 is 11.8 Å². The van der Waals surface area contributed by atoms with Crippen LogP contribution >= 0.6 is 0 Å². The SMILES string of the molecule is COc1ccc(C(=O)N(CCC(=O)N2CCNCC2)Cc2cccc(C)c2)cc1OC. The Morgan fingerprint density at radius 1 is 1.03 bits per heavy atom. The van der Waals surface area contributed by atoms with E-state index in [4.69, 9.17) is 9.47 Å². The van der Waals surface area contributed by atoms with Crippen LogP contribution in [0, 0.1) is 6.92 Å². The number of ether oxygens (including phenoxy) is 2. The van der Waals surface area contributed by atoms with Crippen molar-refractivity contribution in [2.45, 2.75) is 19.9 Å². The Morgan fingerprint density at radius 3 is 2.45 bits per heavy atom. The Bertz CT molecular complexity index is 909. The normalized spacial score (nSPS) is 13.6. The first-order valence-electron chi connectivity index (χ1n) is 10.6. The number of benzene rings is 2. The Morgan fingerprint density at radius 2 is 1.77 bits per heavy atom. The lowest BCUT2D eigenvalue weighted by molar-refractivity contribution is -0.132. The number of amides is 2.